The molecule has 0 aliphatic carbocycles. The van der Waals surface area contributed by atoms with Crippen LogP contribution in [0.15, 0.2) is 71.9 Å². The molecule has 3 aromatic carbocycles. The monoisotopic (exact) mass is 516 g/mol. The van der Waals surface area contributed by atoms with Gasteiger partial charge < -0.3 is 14.8 Å². The zero-order valence-electron chi connectivity index (χ0n) is 22.0. The Bertz CT molecular complexity index is 1350. The van der Waals surface area contributed by atoms with E-state index in [0.29, 0.717) is 22.3 Å². The maximum atomic E-state index is 12.8. The summed E-state index contributed by atoms with van der Waals surface area (Å²) >= 11 is 1.33. The van der Waals surface area contributed by atoms with Crippen molar-refractivity contribution in [2.45, 2.75) is 38.3 Å². The van der Waals surface area contributed by atoms with Crippen molar-refractivity contribution in [1.29, 1.82) is 0 Å². The van der Waals surface area contributed by atoms with Crippen molar-refractivity contribution in [3.8, 4) is 28.6 Å². The van der Waals surface area contributed by atoms with E-state index in [0.717, 1.165) is 22.6 Å². The van der Waals surface area contributed by atoms with Crippen LogP contribution in [0.4, 0.5) is 5.69 Å². The van der Waals surface area contributed by atoms with Crippen LogP contribution in [0.25, 0.3) is 17.1 Å². The van der Waals surface area contributed by atoms with Crippen LogP contribution >= 0.6 is 11.8 Å². The van der Waals surface area contributed by atoms with Crippen LogP contribution in [-0.2, 0) is 10.2 Å². The first-order chi connectivity index (χ1) is 17.7. The lowest BCUT2D eigenvalue weighted by Gasteiger charge is -2.19. The predicted molar refractivity (Wildman–Crippen MR) is 149 cm³/mol. The number of rotatable bonds is 8. The average Bonchev–Trinajstić information content (AvgIpc) is 3.31. The number of carbonyl (C=O) groups is 1. The van der Waals surface area contributed by atoms with E-state index < -0.39 is 0 Å². The minimum atomic E-state index is -0.171. The summed E-state index contributed by atoms with van der Waals surface area (Å²) in [5, 5.41) is 12.5. The summed E-state index contributed by atoms with van der Waals surface area (Å²) in [6.07, 6.45) is 0. The fourth-order valence-corrected chi connectivity index (χ4v) is 4.55. The SMILES string of the molecule is COc1cc(NC(=O)CSc2nnc(-c3ccc(C(C)(C)C)cc3)n2-c2ccc(C)cc2)cc(OC)c1. The molecule has 1 N–H and O–H groups in total. The number of anilines is 1. The Kier molecular flexibility index (Phi) is 7.88. The molecule has 37 heavy (non-hydrogen) atoms. The molecule has 0 fully saturated rings. The molecular formula is C29H32N4O3S. The predicted octanol–water partition coefficient (Wildman–Crippen LogP) is 6.29. The Hall–Kier alpha value is -3.78. The molecule has 1 amide bonds. The van der Waals surface area contributed by atoms with Gasteiger partial charge >= 0.3 is 0 Å². The van der Waals surface area contributed by atoms with Crippen molar-refractivity contribution in [3.05, 3.63) is 77.9 Å². The highest BCUT2D eigenvalue weighted by Crippen LogP contribution is 2.31. The molecule has 4 aromatic rings. The Balaban J connectivity index is 1.59. The second kappa shape index (κ2) is 11.1. The maximum absolute atomic E-state index is 12.8. The van der Waals surface area contributed by atoms with Gasteiger partial charge in [0.25, 0.3) is 0 Å². The lowest BCUT2D eigenvalue weighted by molar-refractivity contribution is -0.113. The Morgan fingerprint density at radius 1 is 0.919 bits per heavy atom. The molecule has 0 bridgehead atoms. The highest BCUT2D eigenvalue weighted by molar-refractivity contribution is 7.99. The summed E-state index contributed by atoms with van der Waals surface area (Å²) in [7, 11) is 3.14. The third-order valence-electron chi connectivity index (χ3n) is 5.90. The van der Waals surface area contributed by atoms with Gasteiger partial charge in [0.05, 0.1) is 20.0 Å². The number of amides is 1. The molecule has 0 saturated carbocycles. The number of nitrogens with one attached hydrogen (secondary N) is 1. The molecule has 8 heteroatoms. The largest absolute Gasteiger partial charge is 0.497 e. The van der Waals surface area contributed by atoms with E-state index in [4.69, 9.17) is 9.47 Å². The van der Waals surface area contributed by atoms with E-state index in [1.807, 2.05) is 16.7 Å². The van der Waals surface area contributed by atoms with E-state index in [1.165, 1.54) is 17.3 Å². The van der Waals surface area contributed by atoms with Gasteiger partial charge in [0.1, 0.15) is 11.5 Å². The van der Waals surface area contributed by atoms with Crippen molar-refractivity contribution in [2.24, 2.45) is 0 Å². The first-order valence-electron chi connectivity index (χ1n) is 12.0. The summed E-state index contributed by atoms with van der Waals surface area (Å²) in [6.45, 7) is 8.63. The lowest BCUT2D eigenvalue weighted by Crippen LogP contribution is -2.14. The van der Waals surface area contributed by atoms with E-state index >= 15 is 0 Å². The molecule has 192 valence electrons. The van der Waals surface area contributed by atoms with Crippen LogP contribution in [0, 0.1) is 6.92 Å². The van der Waals surface area contributed by atoms with Crippen LogP contribution in [-0.4, -0.2) is 40.6 Å². The number of carbonyl (C=O) groups excluding carboxylic acids is 1. The molecule has 4 rings (SSSR count). The number of thioether (sulfide) groups is 1. The van der Waals surface area contributed by atoms with Crippen LogP contribution in [0.2, 0.25) is 0 Å². The minimum absolute atomic E-state index is 0.0598. The number of hydrogen-bond donors (Lipinski definition) is 1. The van der Waals surface area contributed by atoms with E-state index in [2.05, 4.69) is 79.6 Å². The Morgan fingerprint density at radius 2 is 1.54 bits per heavy atom. The number of nitrogens with zero attached hydrogens (tertiary/aromatic N) is 3. The summed E-state index contributed by atoms with van der Waals surface area (Å²) in [4.78, 5) is 12.8. The molecule has 0 aliphatic heterocycles. The zero-order valence-corrected chi connectivity index (χ0v) is 22.8. The molecule has 0 saturated heterocycles. The molecule has 1 heterocycles. The Morgan fingerprint density at radius 3 is 2.11 bits per heavy atom. The number of ether oxygens (including phenoxy) is 2. The lowest BCUT2D eigenvalue weighted by atomic mass is 9.87. The highest BCUT2D eigenvalue weighted by Gasteiger charge is 2.19. The van der Waals surface area contributed by atoms with Gasteiger partial charge in [-0.3, -0.25) is 9.36 Å². The number of aryl methyl sites for hydroxylation is 1. The van der Waals surface area contributed by atoms with Crippen molar-refractivity contribution in [3.63, 3.8) is 0 Å². The highest BCUT2D eigenvalue weighted by atomic mass is 32.2. The number of aromatic nitrogens is 3. The first-order valence-corrected chi connectivity index (χ1v) is 13.0. The van der Waals surface area contributed by atoms with E-state index in [9.17, 15) is 4.79 Å². The third kappa shape index (κ3) is 6.32. The van der Waals surface area contributed by atoms with Gasteiger partial charge in [-0.25, -0.2) is 0 Å². The van der Waals surface area contributed by atoms with Gasteiger partial charge in [-0.2, -0.15) is 0 Å². The summed E-state index contributed by atoms with van der Waals surface area (Å²) in [5.41, 5.74) is 4.96. The topological polar surface area (TPSA) is 78.3 Å². The van der Waals surface area contributed by atoms with Crippen molar-refractivity contribution in [1.82, 2.24) is 14.8 Å². The molecular weight excluding hydrogens is 484 g/mol. The van der Waals surface area contributed by atoms with Gasteiger partial charge in [0.15, 0.2) is 11.0 Å². The molecule has 0 aliphatic rings. The fraction of sp³-hybridized carbons (Fsp3) is 0.276. The smallest absolute Gasteiger partial charge is 0.234 e. The normalized spacial score (nSPS) is 11.3. The van der Waals surface area contributed by atoms with Gasteiger partial charge in [-0.05, 0) is 30.0 Å². The van der Waals surface area contributed by atoms with Gasteiger partial charge in [-0.15, -0.1) is 10.2 Å². The first kappa shape index (κ1) is 26.3. The molecule has 0 unspecified atom stereocenters. The second-order valence-corrected chi connectivity index (χ2v) is 10.7. The standard InChI is InChI=1S/C29H32N4O3S/c1-19-7-13-23(14-8-19)33-27(20-9-11-21(12-10-20)29(2,3)4)31-32-28(33)37-18-26(34)30-22-15-24(35-5)17-25(16-22)36-6/h7-17H,18H2,1-6H3,(H,30,34). The molecule has 1 aromatic heterocycles. The third-order valence-corrected chi connectivity index (χ3v) is 6.83. The molecule has 0 radical (unpaired) electrons. The number of benzene rings is 3. The summed E-state index contributed by atoms with van der Waals surface area (Å²) in [5.74, 6) is 1.92. The van der Waals surface area contributed by atoms with Crippen LogP contribution in [0.5, 0.6) is 11.5 Å². The average molecular weight is 517 g/mol. The quantitative estimate of drug-likeness (QED) is 0.277. The van der Waals surface area contributed by atoms with Gasteiger partial charge in [0.2, 0.25) is 5.91 Å². The van der Waals surface area contributed by atoms with Crippen molar-refractivity contribution < 1.29 is 14.3 Å². The summed E-state index contributed by atoms with van der Waals surface area (Å²) < 4.78 is 12.6. The van der Waals surface area contributed by atoms with Gasteiger partial charge in [0, 0.05) is 35.1 Å². The summed E-state index contributed by atoms with van der Waals surface area (Å²) in [6, 6.07) is 21.9. The van der Waals surface area contributed by atoms with E-state index in [-0.39, 0.29) is 17.1 Å². The van der Waals surface area contributed by atoms with Crippen molar-refractivity contribution in [2.75, 3.05) is 25.3 Å². The maximum Gasteiger partial charge on any atom is 0.234 e. The van der Waals surface area contributed by atoms with E-state index in [1.54, 1.807) is 32.4 Å². The second-order valence-electron chi connectivity index (χ2n) is 9.74. The fourth-order valence-electron chi connectivity index (χ4n) is 3.80. The zero-order chi connectivity index (χ0) is 26.6. The molecule has 0 spiro atoms. The van der Waals surface area contributed by atoms with Crippen LogP contribution in [0.3, 0.4) is 0 Å². The van der Waals surface area contributed by atoms with Crippen LogP contribution < -0.4 is 14.8 Å². The number of hydrogen-bond acceptors (Lipinski definition) is 6. The number of methoxy groups -OCH3 is 2. The van der Waals surface area contributed by atoms with Crippen molar-refractivity contribution >= 4 is 23.4 Å². The minimum Gasteiger partial charge on any atom is -0.497 e. The van der Waals surface area contributed by atoms with Gasteiger partial charge in [-0.1, -0.05) is 74.5 Å². The Labute approximate surface area is 222 Å². The molecule has 7 nitrogen and oxygen atoms in total. The van der Waals surface area contributed by atoms with Crippen LogP contribution in [0.1, 0.15) is 31.9 Å². The molecule has 0 atom stereocenters.